The maximum Gasteiger partial charge on any atom is 0.331 e. The molecule has 0 atom stereocenters. The summed E-state index contributed by atoms with van der Waals surface area (Å²) < 4.78 is 0. The molecule has 0 aromatic carbocycles. The lowest BCUT2D eigenvalue weighted by atomic mass is 9.78. The first kappa shape index (κ1) is 16.2. The molecule has 19 heavy (non-hydrogen) atoms. The maximum absolute atomic E-state index is 10.9. The van der Waals surface area contributed by atoms with Gasteiger partial charge in [-0.1, -0.05) is 39.7 Å². The number of aliphatic carboxylic acids is 1. The summed E-state index contributed by atoms with van der Waals surface area (Å²) in [4.78, 5) is 10.9. The molecule has 1 saturated carbocycles. The van der Waals surface area contributed by atoms with Gasteiger partial charge in [0.1, 0.15) is 0 Å². The zero-order valence-corrected chi connectivity index (χ0v) is 12.7. The van der Waals surface area contributed by atoms with Crippen LogP contribution in [0, 0.1) is 11.3 Å². The second-order valence-corrected chi connectivity index (χ2v) is 6.32. The number of nitrogens with one attached hydrogen (secondary N) is 1. The maximum atomic E-state index is 10.9. The monoisotopic (exact) mass is 267 g/mol. The van der Waals surface area contributed by atoms with Gasteiger partial charge >= 0.3 is 5.97 Å². The van der Waals surface area contributed by atoms with E-state index in [-0.39, 0.29) is 0 Å². The largest absolute Gasteiger partial charge is 0.478 e. The smallest absolute Gasteiger partial charge is 0.331 e. The summed E-state index contributed by atoms with van der Waals surface area (Å²) in [5, 5.41) is 12.4. The van der Waals surface area contributed by atoms with Gasteiger partial charge in [-0.3, -0.25) is 0 Å². The number of carbonyl (C=O) groups is 1. The van der Waals surface area contributed by atoms with Gasteiger partial charge in [-0.05, 0) is 37.0 Å². The zero-order valence-electron chi connectivity index (χ0n) is 12.7. The predicted molar refractivity (Wildman–Crippen MR) is 79.2 cm³/mol. The van der Waals surface area contributed by atoms with Crippen molar-refractivity contribution in [1.29, 1.82) is 0 Å². The Morgan fingerprint density at radius 1 is 1.37 bits per heavy atom. The SMILES string of the molecule is CCC(=CCNCC1(CC(C)C)CCCC1)C(=O)O. The Hall–Kier alpha value is -0.830. The van der Waals surface area contributed by atoms with Gasteiger partial charge in [-0.2, -0.15) is 0 Å². The molecule has 0 radical (unpaired) electrons. The summed E-state index contributed by atoms with van der Waals surface area (Å²) in [6, 6.07) is 0. The van der Waals surface area contributed by atoms with E-state index in [2.05, 4.69) is 19.2 Å². The van der Waals surface area contributed by atoms with Crippen molar-refractivity contribution in [2.45, 2.75) is 59.3 Å². The van der Waals surface area contributed by atoms with Gasteiger partial charge in [-0.15, -0.1) is 0 Å². The fraction of sp³-hybridized carbons (Fsp3) is 0.812. The van der Waals surface area contributed by atoms with E-state index in [0.29, 0.717) is 24.0 Å². The summed E-state index contributed by atoms with van der Waals surface area (Å²) in [5.74, 6) is -0.0530. The summed E-state index contributed by atoms with van der Waals surface area (Å²) in [6.45, 7) is 8.17. The first-order valence-corrected chi connectivity index (χ1v) is 7.62. The Bertz CT molecular complexity index is 315. The average Bonchev–Trinajstić information content (AvgIpc) is 2.76. The minimum Gasteiger partial charge on any atom is -0.478 e. The number of rotatable bonds is 8. The van der Waals surface area contributed by atoms with Crippen molar-refractivity contribution < 1.29 is 9.90 Å². The fourth-order valence-electron chi connectivity index (χ4n) is 3.36. The zero-order chi connectivity index (χ0) is 14.3. The molecule has 0 saturated heterocycles. The lowest BCUT2D eigenvalue weighted by Crippen LogP contribution is -2.33. The van der Waals surface area contributed by atoms with Gasteiger partial charge in [-0.25, -0.2) is 4.79 Å². The standard InChI is InChI=1S/C16H29NO2/c1-4-14(15(18)19)7-10-17-12-16(11-13(2)3)8-5-6-9-16/h7,13,17H,4-6,8-12H2,1-3H3,(H,18,19). The normalized spacial score (nSPS) is 19.1. The summed E-state index contributed by atoms with van der Waals surface area (Å²) in [7, 11) is 0. The molecule has 1 aliphatic rings. The van der Waals surface area contributed by atoms with Gasteiger partial charge in [0, 0.05) is 18.7 Å². The van der Waals surface area contributed by atoms with Gasteiger partial charge in [0.15, 0.2) is 0 Å². The molecular weight excluding hydrogens is 238 g/mol. The van der Waals surface area contributed by atoms with Crippen molar-refractivity contribution in [3.8, 4) is 0 Å². The molecule has 0 unspecified atom stereocenters. The highest BCUT2D eigenvalue weighted by atomic mass is 16.4. The quantitative estimate of drug-likeness (QED) is 0.522. The fourth-order valence-corrected chi connectivity index (χ4v) is 3.36. The molecule has 0 spiro atoms. The van der Waals surface area contributed by atoms with E-state index in [1.165, 1.54) is 32.1 Å². The van der Waals surface area contributed by atoms with Gasteiger partial charge in [0.05, 0.1) is 0 Å². The summed E-state index contributed by atoms with van der Waals surface area (Å²) >= 11 is 0. The molecule has 0 aliphatic heterocycles. The first-order valence-electron chi connectivity index (χ1n) is 7.62. The number of hydrogen-bond acceptors (Lipinski definition) is 2. The van der Waals surface area contributed by atoms with Crippen molar-refractivity contribution >= 4 is 5.97 Å². The van der Waals surface area contributed by atoms with Crippen LogP contribution in [0.25, 0.3) is 0 Å². The van der Waals surface area contributed by atoms with Crippen molar-refractivity contribution in [3.05, 3.63) is 11.6 Å². The molecule has 110 valence electrons. The van der Waals surface area contributed by atoms with E-state index in [9.17, 15) is 4.79 Å². The van der Waals surface area contributed by atoms with Crippen molar-refractivity contribution in [2.24, 2.45) is 11.3 Å². The number of carboxylic acids is 1. The highest BCUT2D eigenvalue weighted by Gasteiger charge is 2.33. The minimum atomic E-state index is -0.790. The lowest BCUT2D eigenvalue weighted by molar-refractivity contribution is -0.132. The average molecular weight is 267 g/mol. The molecule has 0 aromatic rings. The predicted octanol–water partition coefficient (Wildman–Crippen LogP) is 3.60. The van der Waals surface area contributed by atoms with Crippen LogP contribution in [0.5, 0.6) is 0 Å². The van der Waals surface area contributed by atoms with Crippen LogP contribution in [-0.2, 0) is 4.79 Å². The Balaban J connectivity index is 2.43. The van der Waals surface area contributed by atoms with Crippen LogP contribution in [0.3, 0.4) is 0 Å². The second-order valence-electron chi connectivity index (χ2n) is 6.32. The van der Waals surface area contributed by atoms with Crippen molar-refractivity contribution in [3.63, 3.8) is 0 Å². The molecule has 1 rings (SSSR count). The summed E-state index contributed by atoms with van der Waals surface area (Å²) in [6.07, 6.45) is 9.03. The molecule has 0 amide bonds. The van der Waals surface area contributed by atoms with Gasteiger partial charge < -0.3 is 10.4 Å². The number of hydrogen-bond donors (Lipinski definition) is 2. The topological polar surface area (TPSA) is 49.3 Å². The Kier molecular flexibility index (Phi) is 6.56. The van der Waals surface area contributed by atoms with Gasteiger partial charge in [0.25, 0.3) is 0 Å². The molecule has 3 nitrogen and oxygen atoms in total. The molecule has 1 aliphatic carbocycles. The van der Waals surface area contributed by atoms with Crippen LogP contribution in [0.4, 0.5) is 0 Å². The Morgan fingerprint density at radius 3 is 2.47 bits per heavy atom. The van der Waals surface area contributed by atoms with Crippen LogP contribution in [-0.4, -0.2) is 24.2 Å². The van der Waals surface area contributed by atoms with E-state index >= 15 is 0 Å². The van der Waals surface area contributed by atoms with Crippen LogP contribution >= 0.6 is 0 Å². The molecule has 0 heterocycles. The van der Waals surface area contributed by atoms with Crippen LogP contribution in [0.1, 0.15) is 59.3 Å². The van der Waals surface area contributed by atoms with Crippen LogP contribution < -0.4 is 5.32 Å². The third-order valence-electron chi connectivity index (χ3n) is 4.15. The van der Waals surface area contributed by atoms with E-state index < -0.39 is 5.97 Å². The van der Waals surface area contributed by atoms with E-state index in [1.54, 1.807) is 0 Å². The Labute approximate surface area is 117 Å². The molecular formula is C16H29NO2. The third kappa shape index (κ3) is 5.35. The van der Waals surface area contributed by atoms with E-state index in [0.717, 1.165) is 12.5 Å². The summed E-state index contributed by atoms with van der Waals surface area (Å²) in [5.41, 5.74) is 0.967. The van der Waals surface area contributed by atoms with Crippen molar-refractivity contribution in [2.75, 3.05) is 13.1 Å². The molecule has 1 fully saturated rings. The molecule has 0 bridgehead atoms. The van der Waals surface area contributed by atoms with E-state index in [4.69, 9.17) is 5.11 Å². The number of carboxylic acid groups (broad SMARTS) is 1. The molecule has 2 N–H and O–H groups in total. The highest BCUT2D eigenvalue weighted by Crippen LogP contribution is 2.42. The lowest BCUT2D eigenvalue weighted by Gasteiger charge is -2.31. The second kappa shape index (κ2) is 7.68. The minimum absolute atomic E-state index is 0.456. The van der Waals surface area contributed by atoms with Crippen molar-refractivity contribution in [1.82, 2.24) is 5.32 Å². The Morgan fingerprint density at radius 2 is 2.00 bits per heavy atom. The van der Waals surface area contributed by atoms with E-state index in [1.807, 2.05) is 13.0 Å². The first-order chi connectivity index (χ1) is 8.99. The van der Waals surface area contributed by atoms with Crippen LogP contribution in [0.15, 0.2) is 11.6 Å². The van der Waals surface area contributed by atoms with Crippen LogP contribution in [0.2, 0.25) is 0 Å². The third-order valence-corrected chi connectivity index (χ3v) is 4.15. The molecule has 0 aromatic heterocycles. The highest BCUT2D eigenvalue weighted by molar-refractivity contribution is 5.86. The van der Waals surface area contributed by atoms with Gasteiger partial charge in [0.2, 0.25) is 0 Å². The molecule has 3 heteroatoms.